The number of benzene rings is 3. The maximum atomic E-state index is 2.94. The van der Waals surface area contributed by atoms with Crippen LogP contribution in [0.5, 0.6) is 0 Å². The van der Waals surface area contributed by atoms with Crippen LogP contribution in [-0.4, -0.2) is 0 Å². The van der Waals surface area contributed by atoms with Crippen molar-refractivity contribution >= 4 is 9.24 Å². The van der Waals surface area contributed by atoms with E-state index in [4.69, 9.17) is 0 Å². The molecule has 3 aromatic rings. The average molecular weight is 292 g/mol. The second-order valence-corrected chi connectivity index (χ2v) is 6.24. The summed E-state index contributed by atoms with van der Waals surface area (Å²) in [5.74, 6) is 0. The van der Waals surface area contributed by atoms with Gasteiger partial charge in [-0.15, -0.1) is 9.24 Å². The van der Waals surface area contributed by atoms with Gasteiger partial charge in [0.1, 0.15) is 0 Å². The lowest BCUT2D eigenvalue weighted by molar-refractivity contribution is 0.840. The van der Waals surface area contributed by atoms with Crippen molar-refractivity contribution in [1.29, 1.82) is 0 Å². The Morgan fingerprint density at radius 2 is 0.762 bits per heavy atom. The molecule has 0 radical (unpaired) electrons. The minimum atomic E-state index is 0.00250. The molecular weight excluding hydrogens is 271 g/mol. The van der Waals surface area contributed by atoms with E-state index >= 15 is 0 Å². The largest absolute Gasteiger partial charge is 0.122 e. The van der Waals surface area contributed by atoms with Gasteiger partial charge in [0.15, 0.2) is 0 Å². The van der Waals surface area contributed by atoms with E-state index in [9.17, 15) is 0 Å². The molecule has 0 aromatic heterocycles. The van der Waals surface area contributed by atoms with Crippen molar-refractivity contribution in [2.75, 3.05) is 0 Å². The van der Waals surface area contributed by atoms with E-state index in [0.29, 0.717) is 0 Å². The highest BCUT2D eigenvalue weighted by Crippen LogP contribution is 2.37. The third-order valence-electron chi connectivity index (χ3n) is 3.41. The molecule has 0 N–H and O–H groups in total. The highest BCUT2D eigenvalue weighted by molar-refractivity contribution is 7.18. The molecule has 0 bridgehead atoms. The molecule has 3 rings (SSSR count). The van der Waals surface area contributed by atoms with E-state index in [0.717, 1.165) is 0 Å². The lowest BCUT2D eigenvalue weighted by Crippen LogP contribution is -2.14. The fourth-order valence-electron chi connectivity index (χ4n) is 2.12. The van der Waals surface area contributed by atoms with Gasteiger partial charge in [-0.2, -0.15) is 0 Å². The fraction of sp³-hybridized carbons (Fsp3) is 0.100. The lowest BCUT2D eigenvalue weighted by atomic mass is 9.92. The summed E-state index contributed by atoms with van der Waals surface area (Å²) in [7, 11) is 2.94. The standard InChI is InChI=1S/C14H15P.C6H6/c1-14(15,12-8-4-2-5-9-12)13-10-6-3-7-11-13;1-2-4-6-5-3-1/h2-11H,15H2,1H3;1-6H. The van der Waals surface area contributed by atoms with Crippen LogP contribution in [0.4, 0.5) is 0 Å². The van der Waals surface area contributed by atoms with Crippen LogP contribution in [0.1, 0.15) is 18.1 Å². The molecule has 0 spiro atoms. The van der Waals surface area contributed by atoms with Gasteiger partial charge in [-0.25, -0.2) is 0 Å². The predicted octanol–water partition coefficient (Wildman–Crippen LogP) is 5.51. The average Bonchev–Trinajstić information content (AvgIpc) is 2.59. The lowest BCUT2D eigenvalue weighted by Gasteiger charge is -2.25. The Labute approximate surface area is 130 Å². The molecule has 0 saturated carbocycles. The molecular formula is C20H21P. The van der Waals surface area contributed by atoms with Crippen molar-refractivity contribution in [2.45, 2.75) is 12.1 Å². The number of hydrogen-bond acceptors (Lipinski definition) is 0. The van der Waals surface area contributed by atoms with Gasteiger partial charge in [0.05, 0.1) is 0 Å². The Bertz CT molecular complexity index is 548. The van der Waals surface area contributed by atoms with Gasteiger partial charge < -0.3 is 0 Å². The molecule has 0 fully saturated rings. The summed E-state index contributed by atoms with van der Waals surface area (Å²) in [6.07, 6.45) is 0. The predicted molar refractivity (Wildman–Crippen MR) is 95.5 cm³/mol. The molecule has 0 heterocycles. The first kappa shape index (κ1) is 15.5. The Morgan fingerprint density at radius 3 is 1.05 bits per heavy atom. The molecule has 0 aliphatic heterocycles. The van der Waals surface area contributed by atoms with Crippen molar-refractivity contribution in [1.82, 2.24) is 0 Å². The first-order chi connectivity index (χ1) is 10.2. The Hall–Kier alpha value is -1.91. The fourth-order valence-corrected chi connectivity index (χ4v) is 2.51. The zero-order valence-electron chi connectivity index (χ0n) is 12.3. The van der Waals surface area contributed by atoms with Crippen molar-refractivity contribution in [3.8, 4) is 0 Å². The Kier molecular flexibility index (Phi) is 5.72. The molecule has 3 aromatic carbocycles. The van der Waals surface area contributed by atoms with E-state index in [-0.39, 0.29) is 5.16 Å². The van der Waals surface area contributed by atoms with Crippen LogP contribution in [0, 0.1) is 0 Å². The molecule has 1 atom stereocenters. The van der Waals surface area contributed by atoms with Crippen LogP contribution in [0.25, 0.3) is 0 Å². The summed E-state index contributed by atoms with van der Waals surface area (Å²) in [5, 5.41) is 0.00250. The van der Waals surface area contributed by atoms with Crippen molar-refractivity contribution in [3.63, 3.8) is 0 Å². The summed E-state index contributed by atoms with van der Waals surface area (Å²) in [5.41, 5.74) is 2.64. The van der Waals surface area contributed by atoms with Gasteiger partial charge in [-0.3, -0.25) is 0 Å². The minimum absolute atomic E-state index is 0.00250. The maximum absolute atomic E-state index is 2.94. The third-order valence-corrected chi connectivity index (χ3v) is 4.08. The highest BCUT2D eigenvalue weighted by Gasteiger charge is 2.22. The van der Waals surface area contributed by atoms with Crippen LogP contribution in [-0.2, 0) is 5.16 Å². The van der Waals surface area contributed by atoms with Crippen LogP contribution < -0.4 is 0 Å². The molecule has 1 heteroatoms. The summed E-state index contributed by atoms with van der Waals surface area (Å²) in [6.45, 7) is 2.22. The third kappa shape index (κ3) is 4.55. The first-order valence-corrected chi connectivity index (χ1v) is 7.69. The SMILES string of the molecule is CC(P)(c1ccccc1)c1ccccc1.c1ccccc1. The smallest absolute Gasteiger partial charge is 0.0316 e. The Balaban J connectivity index is 0.000000225. The van der Waals surface area contributed by atoms with Crippen molar-refractivity contribution in [2.24, 2.45) is 0 Å². The quantitative estimate of drug-likeness (QED) is 0.546. The molecule has 0 aliphatic carbocycles. The van der Waals surface area contributed by atoms with Gasteiger partial charge in [0.25, 0.3) is 0 Å². The zero-order chi connectivity index (χ0) is 15.0. The molecule has 0 aliphatic rings. The van der Waals surface area contributed by atoms with E-state index in [1.807, 2.05) is 36.4 Å². The van der Waals surface area contributed by atoms with E-state index in [1.54, 1.807) is 0 Å². The second-order valence-electron chi connectivity index (χ2n) is 5.09. The topological polar surface area (TPSA) is 0 Å². The summed E-state index contributed by atoms with van der Waals surface area (Å²) in [6, 6.07) is 33.1. The number of hydrogen-bond donors (Lipinski definition) is 0. The monoisotopic (exact) mass is 292 g/mol. The molecule has 0 saturated heterocycles. The highest BCUT2D eigenvalue weighted by atomic mass is 31.0. The van der Waals surface area contributed by atoms with Crippen LogP contribution >= 0.6 is 9.24 Å². The van der Waals surface area contributed by atoms with E-state index < -0.39 is 0 Å². The molecule has 1 unspecified atom stereocenters. The summed E-state index contributed by atoms with van der Waals surface area (Å²) in [4.78, 5) is 0. The first-order valence-electron chi connectivity index (χ1n) is 7.11. The van der Waals surface area contributed by atoms with Gasteiger partial charge in [-0.1, -0.05) is 97.1 Å². The molecule has 106 valence electrons. The number of rotatable bonds is 2. The summed E-state index contributed by atoms with van der Waals surface area (Å²) < 4.78 is 0. The zero-order valence-corrected chi connectivity index (χ0v) is 13.5. The second kappa shape index (κ2) is 7.76. The molecule has 0 amide bonds. The van der Waals surface area contributed by atoms with Crippen LogP contribution in [0.3, 0.4) is 0 Å². The normalized spacial score (nSPS) is 10.4. The van der Waals surface area contributed by atoms with Crippen molar-refractivity contribution < 1.29 is 0 Å². The van der Waals surface area contributed by atoms with Crippen molar-refractivity contribution in [3.05, 3.63) is 108 Å². The molecule has 0 nitrogen and oxygen atoms in total. The van der Waals surface area contributed by atoms with Gasteiger partial charge >= 0.3 is 0 Å². The van der Waals surface area contributed by atoms with Crippen LogP contribution in [0.2, 0.25) is 0 Å². The van der Waals surface area contributed by atoms with E-state index in [1.165, 1.54) is 11.1 Å². The van der Waals surface area contributed by atoms with Gasteiger partial charge in [0, 0.05) is 5.16 Å². The summed E-state index contributed by atoms with van der Waals surface area (Å²) >= 11 is 0. The Morgan fingerprint density at radius 1 is 0.524 bits per heavy atom. The molecule has 21 heavy (non-hydrogen) atoms. The van der Waals surface area contributed by atoms with E-state index in [2.05, 4.69) is 76.8 Å². The van der Waals surface area contributed by atoms with Gasteiger partial charge in [-0.05, 0) is 18.1 Å². The van der Waals surface area contributed by atoms with Crippen LogP contribution in [0.15, 0.2) is 97.1 Å². The maximum Gasteiger partial charge on any atom is 0.0316 e. The minimum Gasteiger partial charge on any atom is -0.122 e. The van der Waals surface area contributed by atoms with Gasteiger partial charge in [0.2, 0.25) is 0 Å².